The fourth-order valence-electron chi connectivity index (χ4n) is 9.71. The van der Waals surface area contributed by atoms with Crippen LogP contribution in [-0.4, -0.2) is 37.2 Å². The van der Waals surface area contributed by atoms with Crippen molar-refractivity contribution in [1.82, 2.24) is 0 Å². The van der Waals surface area contributed by atoms with Crippen LogP contribution in [0.15, 0.2) is 97.2 Å². The van der Waals surface area contributed by atoms with Gasteiger partial charge in [-0.2, -0.15) is 0 Å². The maximum atomic E-state index is 12.9. The fraction of sp³-hybridized carbons (Fsp3) is 0.743. The highest BCUT2D eigenvalue weighted by molar-refractivity contribution is 5.71. The highest BCUT2D eigenvalue weighted by Crippen LogP contribution is 2.18. The standard InChI is InChI=1S/C74H128O6/c1-4-7-10-13-16-19-22-24-26-28-30-32-34-35-36-37-38-40-41-43-45-47-49-52-55-58-61-64-67-73(76)79-70-71(69-78-72(75)66-63-60-57-54-51-21-18-15-12-9-6-3)80-74(77)68-65-62-59-56-53-50-48-46-44-42-39-33-31-29-27-25-23-20-17-14-11-8-5-2/h8,11,15,17-18,20,25,27,31,33,42,44,48,50,56,59,71H,4-7,9-10,12-14,16,19,21-24,26,28-30,32,34-41,43,45-47,49,51-55,57-58,60-70H2,1-3H3/b11-8-,18-15-,20-17-,27-25-,33-31-,44-42-,50-48-,59-56-. The van der Waals surface area contributed by atoms with Crippen LogP contribution in [0.3, 0.4) is 0 Å². The van der Waals surface area contributed by atoms with Gasteiger partial charge >= 0.3 is 17.9 Å². The summed E-state index contributed by atoms with van der Waals surface area (Å²) in [5, 5.41) is 0. The van der Waals surface area contributed by atoms with Gasteiger partial charge in [-0.05, 0) is 89.9 Å². The first-order chi connectivity index (χ1) is 39.5. The third-order valence-corrected chi connectivity index (χ3v) is 14.8. The van der Waals surface area contributed by atoms with E-state index in [0.29, 0.717) is 19.3 Å². The monoisotopic (exact) mass is 1110 g/mol. The molecule has 6 nitrogen and oxygen atoms in total. The van der Waals surface area contributed by atoms with Crippen LogP contribution < -0.4 is 0 Å². The number of ether oxygens (including phenoxy) is 3. The number of esters is 3. The van der Waals surface area contributed by atoms with E-state index in [4.69, 9.17) is 14.2 Å². The maximum absolute atomic E-state index is 12.9. The van der Waals surface area contributed by atoms with Crippen molar-refractivity contribution in [3.8, 4) is 0 Å². The van der Waals surface area contributed by atoms with Gasteiger partial charge in [0.15, 0.2) is 6.10 Å². The van der Waals surface area contributed by atoms with E-state index in [1.54, 1.807) is 0 Å². The minimum atomic E-state index is -0.812. The largest absolute Gasteiger partial charge is 0.462 e. The predicted molar refractivity (Wildman–Crippen MR) is 348 cm³/mol. The third-order valence-electron chi connectivity index (χ3n) is 14.8. The van der Waals surface area contributed by atoms with Crippen molar-refractivity contribution in [3.63, 3.8) is 0 Å². The molecule has 0 aromatic rings. The number of allylic oxidation sites excluding steroid dienone is 16. The van der Waals surface area contributed by atoms with Crippen molar-refractivity contribution < 1.29 is 28.6 Å². The van der Waals surface area contributed by atoms with Gasteiger partial charge in [-0.3, -0.25) is 14.4 Å². The Bertz CT molecular complexity index is 1560. The minimum absolute atomic E-state index is 0.101. The van der Waals surface area contributed by atoms with Gasteiger partial charge in [0, 0.05) is 19.3 Å². The molecule has 0 fully saturated rings. The van der Waals surface area contributed by atoms with Gasteiger partial charge in [0.05, 0.1) is 0 Å². The Hall–Kier alpha value is -3.67. The van der Waals surface area contributed by atoms with Crippen LogP contribution in [-0.2, 0) is 28.6 Å². The number of hydrogen-bond donors (Lipinski definition) is 0. The van der Waals surface area contributed by atoms with Crippen LogP contribution in [0.2, 0.25) is 0 Å². The van der Waals surface area contributed by atoms with Crippen molar-refractivity contribution >= 4 is 17.9 Å². The Balaban J connectivity index is 4.28. The zero-order valence-corrected chi connectivity index (χ0v) is 52.8. The zero-order chi connectivity index (χ0) is 57.8. The first-order valence-electron chi connectivity index (χ1n) is 34.2. The Morgan fingerprint density at radius 2 is 0.512 bits per heavy atom. The van der Waals surface area contributed by atoms with Gasteiger partial charge in [-0.25, -0.2) is 0 Å². The summed E-state index contributed by atoms with van der Waals surface area (Å²) in [5.41, 5.74) is 0. The molecule has 0 saturated carbocycles. The Labute approximate surface area is 496 Å². The molecular formula is C74H128O6. The molecule has 1 atom stereocenters. The second-order valence-electron chi connectivity index (χ2n) is 22.7. The summed E-state index contributed by atoms with van der Waals surface area (Å²) in [7, 11) is 0. The van der Waals surface area contributed by atoms with Crippen molar-refractivity contribution in [2.75, 3.05) is 13.2 Å². The van der Waals surface area contributed by atoms with Gasteiger partial charge in [-0.1, -0.05) is 323 Å². The Morgan fingerprint density at radius 1 is 0.263 bits per heavy atom. The van der Waals surface area contributed by atoms with Gasteiger partial charge in [0.25, 0.3) is 0 Å². The SMILES string of the molecule is CC/C=C\C/C=C\C/C=C\C/C=C\C/C=C\C/C=C\C/C=C\CCCC(=O)OC(COC(=O)CCCCCCC/C=C\CCCC)COC(=O)CCCCCCCCCCCCCCCCCCCCCCCCCCCCCC. The molecule has 0 N–H and O–H groups in total. The lowest BCUT2D eigenvalue weighted by atomic mass is 10.0. The molecule has 6 heteroatoms. The molecule has 0 aromatic carbocycles. The van der Waals surface area contributed by atoms with Crippen molar-refractivity contribution in [3.05, 3.63) is 97.2 Å². The maximum Gasteiger partial charge on any atom is 0.306 e. The normalized spacial score (nSPS) is 12.7. The smallest absolute Gasteiger partial charge is 0.306 e. The fourth-order valence-corrected chi connectivity index (χ4v) is 9.71. The van der Waals surface area contributed by atoms with Crippen LogP contribution in [0.5, 0.6) is 0 Å². The van der Waals surface area contributed by atoms with Crippen LogP contribution in [0.4, 0.5) is 0 Å². The Morgan fingerprint density at radius 3 is 0.850 bits per heavy atom. The zero-order valence-electron chi connectivity index (χ0n) is 52.8. The summed E-state index contributed by atoms with van der Waals surface area (Å²) in [4.78, 5) is 38.3. The summed E-state index contributed by atoms with van der Waals surface area (Å²) in [6.45, 7) is 6.47. The molecule has 0 spiro atoms. The molecule has 460 valence electrons. The van der Waals surface area contributed by atoms with Crippen LogP contribution >= 0.6 is 0 Å². The molecule has 0 aliphatic carbocycles. The molecule has 80 heavy (non-hydrogen) atoms. The van der Waals surface area contributed by atoms with E-state index < -0.39 is 6.10 Å². The van der Waals surface area contributed by atoms with E-state index in [9.17, 15) is 14.4 Å². The highest BCUT2D eigenvalue weighted by atomic mass is 16.6. The molecule has 0 aliphatic heterocycles. The van der Waals surface area contributed by atoms with Gasteiger partial charge in [-0.15, -0.1) is 0 Å². The van der Waals surface area contributed by atoms with E-state index in [0.717, 1.165) is 103 Å². The van der Waals surface area contributed by atoms with E-state index in [-0.39, 0.29) is 37.5 Å². The van der Waals surface area contributed by atoms with E-state index in [1.165, 1.54) is 186 Å². The summed E-state index contributed by atoms with van der Waals surface area (Å²) in [6.07, 6.45) is 91.7. The average Bonchev–Trinajstić information content (AvgIpc) is 3.46. The second-order valence-corrected chi connectivity index (χ2v) is 22.7. The van der Waals surface area contributed by atoms with Gasteiger partial charge in [0.2, 0.25) is 0 Å². The number of hydrogen-bond acceptors (Lipinski definition) is 6. The van der Waals surface area contributed by atoms with E-state index in [2.05, 4.69) is 118 Å². The number of rotatable bonds is 62. The molecule has 0 heterocycles. The van der Waals surface area contributed by atoms with E-state index in [1.807, 2.05) is 0 Å². The van der Waals surface area contributed by atoms with Crippen LogP contribution in [0.1, 0.15) is 335 Å². The highest BCUT2D eigenvalue weighted by Gasteiger charge is 2.19. The molecule has 0 rings (SSSR count). The van der Waals surface area contributed by atoms with Crippen molar-refractivity contribution in [1.29, 1.82) is 0 Å². The molecule has 1 unspecified atom stereocenters. The van der Waals surface area contributed by atoms with Crippen LogP contribution in [0, 0.1) is 0 Å². The number of carbonyl (C=O) groups excluding carboxylic acids is 3. The molecule has 0 aromatic heterocycles. The minimum Gasteiger partial charge on any atom is -0.462 e. The Kier molecular flexibility index (Phi) is 64.7. The summed E-state index contributed by atoms with van der Waals surface area (Å²) >= 11 is 0. The van der Waals surface area contributed by atoms with Gasteiger partial charge < -0.3 is 14.2 Å². The lowest BCUT2D eigenvalue weighted by molar-refractivity contribution is -0.167. The molecule has 0 amide bonds. The molecule has 0 aliphatic rings. The number of unbranched alkanes of at least 4 members (excludes halogenated alkanes) is 35. The first kappa shape index (κ1) is 76.3. The summed E-state index contributed by atoms with van der Waals surface area (Å²) < 4.78 is 16.9. The molecule has 0 radical (unpaired) electrons. The van der Waals surface area contributed by atoms with Crippen molar-refractivity contribution in [2.45, 2.75) is 341 Å². The molecule has 0 saturated heterocycles. The topological polar surface area (TPSA) is 78.9 Å². The quantitative estimate of drug-likeness (QED) is 0.0261. The van der Waals surface area contributed by atoms with E-state index >= 15 is 0 Å². The molecule has 0 bridgehead atoms. The lowest BCUT2D eigenvalue weighted by Crippen LogP contribution is -2.30. The third kappa shape index (κ3) is 65.1. The molecular weight excluding hydrogens is 985 g/mol. The van der Waals surface area contributed by atoms with Crippen molar-refractivity contribution in [2.24, 2.45) is 0 Å². The number of carbonyl (C=O) groups is 3. The lowest BCUT2D eigenvalue weighted by Gasteiger charge is -2.18. The second kappa shape index (κ2) is 67.8. The first-order valence-corrected chi connectivity index (χ1v) is 34.2. The summed E-state index contributed by atoms with van der Waals surface area (Å²) in [6, 6.07) is 0. The predicted octanol–water partition coefficient (Wildman–Crippen LogP) is 23.6. The average molecular weight is 1110 g/mol. The van der Waals surface area contributed by atoms with Crippen LogP contribution in [0.25, 0.3) is 0 Å². The summed E-state index contributed by atoms with van der Waals surface area (Å²) in [5.74, 6) is -0.960. The van der Waals surface area contributed by atoms with Gasteiger partial charge in [0.1, 0.15) is 13.2 Å².